The van der Waals surface area contributed by atoms with E-state index < -0.39 is 0 Å². The first-order valence-corrected chi connectivity index (χ1v) is 6.69. The molecular formula is C15H23NO. The van der Waals surface area contributed by atoms with Crippen LogP contribution in [0.15, 0.2) is 24.3 Å². The quantitative estimate of drug-likeness (QED) is 0.856. The molecule has 2 rings (SSSR count). The average Bonchev–Trinajstić information content (AvgIpc) is 2.40. The number of nitrogens with one attached hydrogen (secondary N) is 1. The van der Waals surface area contributed by atoms with Gasteiger partial charge in [0.15, 0.2) is 0 Å². The van der Waals surface area contributed by atoms with E-state index in [9.17, 15) is 0 Å². The van der Waals surface area contributed by atoms with Gasteiger partial charge in [-0.2, -0.15) is 0 Å². The number of hydrogen-bond donors (Lipinski definition) is 1. The van der Waals surface area contributed by atoms with Gasteiger partial charge < -0.3 is 10.1 Å². The summed E-state index contributed by atoms with van der Waals surface area (Å²) in [6, 6.07) is 9.46. The molecule has 1 atom stereocenters. The molecule has 0 heterocycles. The number of hydrogen-bond acceptors (Lipinski definition) is 2. The molecule has 0 bridgehead atoms. The van der Waals surface area contributed by atoms with Gasteiger partial charge in [0.1, 0.15) is 5.75 Å². The first-order chi connectivity index (χ1) is 8.29. The van der Waals surface area contributed by atoms with Gasteiger partial charge in [-0.05, 0) is 37.5 Å². The number of benzene rings is 1. The van der Waals surface area contributed by atoms with Crippen LogP contribution >= 0.6 is 0 Å². The normalized spacial score (nSPS) is 18.9. The summed E-state index contributed by atoms with van der Waals surface area (Å²) in [5, 5.41) is 3.73. The number of ether oxygens (including phenoxy) is 1. The smallest absolute Gasteiger partial charge is 0.119 e. The monoisotopic (exact) mass is 233 g/mol. The largest absolute Gasteiger partial charge is 0.497 e. The first kappa shape index (κ1) is 12.4. The van der Waals surface area contributed by atoms with E-state index >= 15 is 0 Å². The van der Waals surface area contributed by atoms with Crippen LogP contribution in [0, 0.1) is 0 Å². The van der Waals surface area contributed by atoms with Crippen molar-refractivity contribution in [1.82, 2.24) is 5.32 Å². The SMILES string of the molecule is COc1cccc([C@H](C)NC2CCCCC2)c1. The van der Waals surface area contributed by atoms with Gasteiger partial charge in [0.05, 0.1) is 7.11 Å². The van der Waals surface area contributed by atoms with Crippen LogP contribution in [0.5, 0.6) is 5.75 Å². The third-order valence-electron chi connectivity index (χ3n) is 3.68. The minimum absolute atomic E-state index is 0.410. The fourth-order valence-corrected chi connectivity index (χ4v) is 2.63. The van der Waals surface area contributed by atoms with Gasteiger partial charge in [-0.15, -0.1) is 0 Å². The second-order valence-electron chi connectivity index (χ2n) is 5.00. The van der Waals surface area contributed by atoms with E-state index in [1.165, 1.54) is 37.7 Å². The van der Waals surface area contributed by atoms with E-state index in [4.69, 9.17) is 4.74 Å². The maximum absolute atomic E-state index is 5.27. The molecule has 1 aromatic rings. The van der Waals surface area contributed by atoms with Crippen molar-refractivity contribution < 1.29 is 4.74 Å². The van der Waals surface area contributed by atoms with Crippen molar-refractivity contribution in [3.63, 3.8) is 0 Å². The Morgan fingerprint density at radius 2 is 2.00 bits per heavy atom. The highest BCUT2D eigenvalue weighted by Gasteiger charge is 2.16. The molecule has 1 fully saturated rings. The Balaban J connectivity index is 1.95. The van der Waals surface area contributed by atoms with Crippen LogP contribution in [0.2, 0.25) is 0 Å². The lowest BCUT2D eigenvalue weighted by Gasteiger charge is -2.27. The first-order valence-electron chi connectivity index (χ1n) is 6.69. The summed E-state index contributed by atoms with van der Waals surface area (Å²) < 4.78 is 5.27. The minimum atomic E-state index is 0.410. The molecule has 1 aliphatic carbocycles. The summed E-state index contributed by atoms with van der Waals surface area (Å²) in [5.74, 6) is 0.944. The summed E-state index contributed by atoms with van der Waals surface area (Å²) in [4.78, 5) is 0. The molecule has 17 heavy (non-hydrogen) atoms. The molecule has 0 aromatic heterocycles. The van der Waals surface area contributed by atoms with Crippen molar-refractivity contribution in [3.8, 4) is 5.75 Å². The van der Waals surface area contributed by atoms with E-state index in [-0.39, 0.29) is 0 Å². The molecule has 0 unspecified atom stereocenters. The van der Waals surface area contributed by atoms with Crippen molar-refractivity contribution in [1.29, 1.82) is 0 Å². The molecule has 0 aliphatic heterocycles. The third-order valence-corrected chi connectivity index (χ3v) is 3.68. The molecule has 0 radical (unpaired) electrons. The number of methoxy groups -OCH3 is 1. The fraction of sp³-hybridized carbons (Fsp3) is 0.600. The van der Waals surface area contributed by atoms with Crippen LogP contribution in [0.3, 0.4) is 0 Å². The van der Waals surface area contributed by atoms with Crippen LogP contribution < -0.4 is 10.1 Å². The van der Waals surface area contributed by atoms with Gasteiger partial charge >= 0.3 is 0 Å². The van der Waals surface area contributed by atoms with Crippen molar-refractivity contribution in [2.75, 3.05) is 7.11 Å². The van der Waals surface area contributed by atoms with Crippen LogP contribution in [0.1, 0.15) is 50.6 Å². The molecule has 1 aromatic carbocycles. The van der Waals surface area contributed by atoms with E-state index in [1.54, 1.807) is 7.11 Å². The Bertz CT molecular complexity index is 345. The molecule has 0 amide bonds. The zero-order valence-corrected chi connectivity index (χ0v) is 10.9. The van der Waals surface area contributed by atoms with Crippen LogP contribution in [-0.2, 0) is 0 Å². The van der Waals surface area contributed by atoms with Gasteiger partial charge in [0.25, 0.3) is 0 Å². The Morgan fingerprint density at radius 1 is 1.24 bits per heavy atom. The highest BCUT2D eigenvalue weighted by atomic mass is 16.5. The second kappa shape index (κ2) is 6.06. The Labute approximate surface area is 104 Å². The lowest BCUT2D eigenvalue weighted by atomic mass is 9.94. The minimum Gasteiger partial charge on any atom is -0.497 e. The average molecular weight is 233 g/mol. The maximum Gasteiger partial charge on any atom is 0.119 e. The topological polar surface area (TPSA) is 21.3 Å². The van der Waals surface area contributed by atoms with Crippen LogP contribution in [-0.4, -0.2) is 13.2 Å². The summed E-state index contributed by atoms with van der Waals surface area (Å²) in [5.41, 5.74) is 1.31. The van der Waals surface area contributed by atoms with E-state index in [1.807, 2.05) is 6.07 Å². The van der Waals surface area contributed by atoms with Gasteiger partial charge in [-0.1, -0.05) is 31.4 Å². The molecule has 1 N–H and O–H groups in total. The van der Waals surface area contributed by atoms with Crippen molar-refractivity contribution in [2.45, 2.75) is 51.1 Å². The van der Waals surface area contributed by atoms with Crippen molar-refractivity contribution in [2.24, 2.45) is 0 Å². The summed E-state index contributed by atoms with van der Waals surface area (Å²) in [6.45, 7) is 2.24. The highest BCUT2D eigenvalue weighted by Crippen LogP contribution is 2.23. The zero-order valence-electron chi connectivity index (χ0n) is 10.9. The fourth-order valence-electron chi connectivity index (χ4n) is 2.63. The second-order valence-corrected chi connectivity index (χ2v) is 5.00. The van der Waals surface area contributed by atoms with Crippen LogP contribution in [0.25, 0.3) is 0 Å². The predicted molar refractivity (Wildman–Crippen MR) is 71.4 cm³/mol. The van der Waals surface area contributed by atoms with Crippen molar-refractivity contribution in [3.05, 3.63) is 29.8 Å². The van der Waals surface area contributed by atoms with Gasteiger partial charge in [-0.3, -0.25) is 0 Å². The summed E-state index contributed by atoms with van der Waals surface area (Å²) >= 11 is 0. The van der Waals surface area contributed by atoms with Gasteiger partial charge in [0.2, 0.25) is 0 Å². The molecule has 2 heteroatoms. The Hall–Kier alpha value is -1.02. The lowest BCUT2D eigenvalue weighted by Crippen LogP contribution is -2.33. The molecule has 1 saturated carbocycles. The zero-order chi connectivity index (χ0) is 12.1. The van der Waals surface area contributed by atoms with Gasteiger partial charge in [-0.25, -0.2) is 0 Å². The summed E-state index contributed by atoms with van der Waals surface area (Å²) in [6.07, 6.45) is 6.82. The number of rotatable bonds is 4. The Morgan fingerprint density at radius 3 is 2.71 bits per heavy atom. The summed E-state index contributed by atoms with van der Waals surface area (Å²) in [7, 11) is 1.72. The van der Waals surface area contributed by atoms with Gasteiger partial charge in [0, 0.05) is 12.1 Å². The molecular weight excluding hydrogens is 210 g/mol. The highest BCUT2D eigenvalue weighted by molar-refractivity contribution is 5.30. The molecule has 0 spiro atoms. The van der Waals surface area contributed by atoms with E-state index in [0.29, 0.717) is 12.1 Å². The maximum atomic E-state index is 5.27. The molecule has 1 aliphatic rings. The molecule has 0 saturated heterocycles. The molecule has 2 nitrogen and oxygen atoms in total. The van der Waals surface area contributed by atoms with E-state index in [2.05, 4.69) is 30.4 Å². The third kappa shape index (κ3) is 3.47. The van der Waals surface area contributed by atoms with Crippen LogP contribution in [0.4, 0.5) is 0 Å². The predicted octanol–water partition coefficient (Wildman–Crippen LogP) is 3.68. The molecule has 94 valence electrons. The lowest BCUT2D eigenvalue weighted by molar-refractivity contribution is 0.346. The van der Waals surface area contributed by atoms with E-state index in [0.717, 1.165) is 5.75 Å². The Kier molecular flexibility index (Phi) is 4.43. The van der Waals surface area contributed by atoms with Crippen molar-refractivity contribution >= 4 is 0 Å². The standard InChI is InChI=1S/C15H23NO/c1-12(16-14-8-4-3-5-9-14)13-7-6-10-15(11-13)17-2/h6-7,10-12,14,16H,3-5,8-9H2,1-2H3/t12-/m0/s1.